The van der Waals surface area contributed by atoms with Gasteiger partial charge in [-0.05, 0) is 6.42 Å². The lowest BCUT2D eigenvalue weighted by Crippen LogP contribution is -2.43. The highest BCUT2D eigenvalue weighted by molar-refractivity contribution is 5.80. The van der Waals surface area contributed by atoms with Crippen LogP contribution >= 0.6 is 0 Å². The summed E-state index contributed by atoms with van der Waals surface area (Å²) in [5.74, 6) is -7.85. The van der Waals surface area contributed by atoms with Crippen LogP contribution in [0.3, 0.4) is 0 Å². The Balaban J connectivity index is -0.0000000803. The van der Waals surface area contributed by atoms with Crippen molar-refractivity contribution in [2.75, 3.05) is 126 Å². The Morgan fingerprint density at radius 2 is 0.337 bits per heavy atom. The molecule has 0 atom stereocenters. The molecule has 0 amide bonds. The van der Waals surface area contributed by atoms with Crippen LogP contribution in [0, 0.1) is 27.1 Å². The first-order valence-electron chi connectivity index (χ1n) is 22.7. The van der Waals surface area contributed by atoms with E-state index in [-0.39, 0.29) is 46.2 Å². The maximum absolute atomic E-state index is 9.25. The second kappa shape index (κ2) is 69.3. The van der Waals surface area contributed by atoms with Crippen LogP contribution in [-0.2, 0) is 47.8 Å². The van der Waals surface area contributed by atoms with Gasteiger partial charge >= 0.3 is 47.8 Å². The zero-order valence-corrected chi connectivity index (χ0v) is 46.3. The minimum Gasteiger partial charge on any atom is -0.478 e. The van der Waals surface area contributed by atoms with E-state index in [1.165, 1.54) is 0 Å². The molecule has 0 aromatic rings. The monoisotopic (exact) mass is 1220 g/mol. The molecule has 0 saturated carbocycles. The van der Waals surface area contributed by atoms with E-state index in [9.17, 15) is 38.4 Å². The first kappa shape index (κ1) is 101. The molecule has 0 bridgehead atoms. The first-order chi connectivity index (χ1) is 38.5. The summed E-state index contributed by atoms with van der Waals surface area (Å²) in [6.45, 7) is 19.0. The average molecular weight is 1220 g/mol. The van der Waals surface area contributed by atoms with E-state index >= 15 is 0 Å². The highest BCUT2D eigenvalue weighted by atomic mass is 16.5. The summed E-state index contributed by atoms with van der Waals surface area (Å²) in [6.07, 6.45) is 7.26. The maximum atomic E-state index is 9.25. The van der Waals surface area contributed by atoms with Gasteiger partial charge < -0.3 is 127 Å². The number of hydrogen-bond donors (Lipinski definition) is 23. The van der Waals surface area contributed by atoms with E-state index in [2.05, 4.69) is 52.6 Å². The van der Waals surface area contributed by atoms with Gasteiger partial charge in [0.15, 0.2) is 0 Å². The molecule has 0 unspecified atom stereocenters. The molecule has 0 aliphatic rings. The average Bonchev–Trinajstić information content (AvgIpc) is 3.50. The van der Waals surface area contributed by atoms with Crippen LogP contribution < -0.4 is 0 Å². The van der Waals surface area contributed by atoms with Crippen molar-refractivity contribution in [2.24, 2.45) is 27.1 Å². The number of aliphatic hydroxyl groups excluding tert-OH is 15. The van der Waals surface area contributed by atoms with Crippen LogP contribution in [-0.4, -0.2) is 291 Å². The second-order valence-corrected chi connectivity index (χ2v) is 15.5. The summed E-state index contributed by atoms with van der Waals surface area (Å²) < 4.78 is 10.3. The molecule has 0 fully saturated rings. The number of aliphatic hydroxyl groups is 15. The standard InChI is InChI=1S/2C10H22O7.C6H14O3.8C3H4O2/c2*11-1-9(2-12,3-13)7-17-8-10(4-14,5-15)6-16;1-2-6(3-7,4-8)5-9;8*1-2-3(4)5/h2*11-16H,1-8H2;7-9H,2-5H2,1H3;8*2H,1H2,(H,4,5). The number of hydrogen-bond acceptors (Lipinski definition) is 25. The van der Waals surface area contributed by atoms with E-state index < -0.39 is 154 Å². The van der Waals surface area contributed by atoms with Crippen LogP contribution in [0.25, 0.3) is 0 Å². The van der Waals surface area contributed by atoms with Gasteiger partial charge in [-0.25, -0.2) is 38.4 Å². The third-order valence-electron chi connectivity index (χ3n) is 8.81. The van der Waals surface area contributed by atoms with Gasteiger partial charge in [0.05, 0.1) is 147 Å². The van der Waals surface area contributed by atoms with Gasteiger partial charge in [0.2, 0.25) is 0 Å². The molecule has 0 rings (SSSR count). The van der Waals surface area contributed by atoms with Crippen LogP contribution in [0.1, 0.15) is 13.3 Å². The topological polar surface area (TPSA) is 620 Å². The quantitative estimate of drug-likeness (QED) is 0.0281. The Kier molecular flexibility index (Phi) is 84.4. The number of carbonyl (C=O) groups is 8. The number of carboxylic acid groups (broad SMARTS) is 8. The zero-order chi connectivity index (χ0) is 68.3. The molecule has 0 aromatic carbocycles. The van der Waals surface area contributed by atoms with E-state index in [4.69, 9.17) is 127 Å². The lowest BCUT2D eigenvalue weighted by Gasteiger charge is -2.31. The Morgan fingerprint density at radius 1 is 0.253 bits per heavy atom. The second-order valence-electron chi connectivity index (χ2n) is 15.5. The van der Waals surface area contributed by atoms with Crippen molar-refractivity contribution in [1.29, 1.82) is 0 Å². The van der Waals surface area contributed by atoms with Crippen molar-refractivity contribution in [3.63, 3.8) is 0 Å². The Hall–Kier alpha value is -7.00. The summed E-state index contributed by atoms with van der Waals surface area (Å²) in [7, 11) is 0. The summed E-state index contributed by atoms with van der Waals surface area (Å²) in [4.78, 5) is 74.0. The molecule has 488 valence electrons. The molecule has 0 saturated heterocycles. The number of rotatable bonds is 32. The Labute approximate surface area is 479 Å². The predicted molar refractivity (Wildman–Crippen MR) is 293 cm³/mol. The predicted octanol–water partition coefficient (Wildman–Crippen LogP) is -4.73. The van der Waals surface area contributed by atoms with Crippen molar-refractivity contribution >= 4 is 47.8 Å². The van der Waals surface area contributed by atoms with E-state index in [0.717, 1.165) is 48.6 Å². The van der Waals surface area contributed by atoms with Gasteiger partial charge in [-0.1, -0.05) is 59.6 Å². The Bertz CT molecular complexity index is 1380. The zero-order valence-electron chi connectivity index (χ0n) is 46.3. The van der Waals surface area contributed by atoms with Crippen LogP contribution in [0.15, 0.2) is 101 Å². The van der Waals surface area contributed by atoms with Gasteiger partial charge in [0, 0.05) is 54.0 Å². The summed E-state index contributed by atoms with van der Waals surface area (Å²) >= 11 is 0. The highest BCUT2D eigenvalue weighted by Gasteiger charge is 2.34. The lowest BCUT2D eigenvalue weighted by molar-refractivity contribution is -0.132. The van der Waals surface area contributed by atoms with Gasteiger partial charge in [-0.2, -0.15) is 0 Å². The molecule has 0 aliphatic heterocycles. The van der Waals surface area contributed by atoms with Gasteiger partial charge in [0.1, 0.15) is 0 Å². The maximum Gasteiger partial charge on any atom is 0.327 e. The number of aliphatic carboxylic acids is 8. The summed E-state index contributed by atoms with van der Waals surface area (Å²) in [5.41, 5.74) is -5.31. The van der Waals surface area contributed by atoms with Crippen LogP contribution in [0.4, 0.5) is 0 Å². The van der Waals surface area contributed by atoms with Gasteiger partial charge in [-0.15, -0.1) is 0 Å². The minimum absolute atomic E-state index is 0.141. The fourth-order valence-electron chi connectivity index (χ4n) is 2.60. The van der Waals surface area contributed by atoms with E-state index in [0.29, 0.717) is 6.42 Å². The molecule has 0 aromatic heterocycles. The largest absolute Gasteiger partial charge is 0.478 e. The molecule has 0 spiro atoms. The molecule has 23 N–H and O–H groups in total. The minimum atomic E-state index is -1.16. The third-order valence-corrected chi connectivity index (χ3v) is 8.81. The fraction of sp³-hybridized carbons (Fsp3) is 0.520. The Morgan fingerprint density at radius 3 is 0.373 bits per heavy atom. The lowest BCUT2D eigenvalue weighted by atomic mass is 9.88. The normalized spacial score (nSPS) is 9.73. The third kappa shape index (κ3) is 75.0. The number of carboxylic acids is 8. The van der Waals surface area contributed by atoms with Crippen molar-refractivity contribution in [2.45, 2.75) is 13.3 Å². The molecule has 33 heteroatoms. The summed E-state index contributed by atoms with van der Waals surface area (Å²) in [6, 6.07) is 0. The highest BCUT2D eigenvalue weighted by Crippen LogP contribution is 2.21. The van der Waals surface area contributed by atoms with Crippen LogP contribution in [0.2, 0.25) is 0 Å². The smallest absolute Gasteiger partial charge is 0.327 e. The van der Waals surface area contributed by atoms with Crippen molar-refractivity contribution in [3.05, 3.63) is 101 Å². The van der Waals surface area contributed by atoms with Gasteiger partial charge in [-0.3, -0.25) is 0 Å². The van der Waals surface area contributed by atoms with Gasteiger partial charge in [0.25, 0.3) is 0 Å². The summed E-state index contributed by atoms with van der Waals surface area (Å²) in [5, 5.41) is 195. The number of ether oxygens (including phenoxy) is 2. The van der Waals surface area contributed by atoms with Crippen LogP contribution in [0.5, 0.6) is 0 Å². The first-order valence-corrected chi connectivity index (χ1v) is 22.7. The van der Waals surface area contributed by atoms with Crippen molar-refractivity contribution < 1.29 is 165 Å². The molecular formula is C50H90O33. The van der Waals surface area contributed by atoms with E-state index in [1.54, 1.807) is 0 Å². The van der Waals surface area contributed by atoms with Crippen molar-refractivity contribution in [3.8, 4) is 0 Å². The molecule has 0 aliphatic carbocycles. The molecule has 0 radical (unpaired) electrons. The fourth-order valence-corrected chi connectivity index (χ4v) is 2.60. The molecule has 0 heterocycles. The van der Waals surface area contributed by atoms with Crippen molar-refractivity contribution in [1.82, 2.24) is 0 Å². The molecule has 33 nitrogen and oxygen atoms in total. The molecular weight excluding hydrogens is 1130 g/mol. The SMILES string of the molecule is C=CC(=O)O.C=CC(=O)O.C=CC(=O)O.C=CC(=O)O.C=CC(=O)O.C=CC(=O)O.C=CC(=O)O.C=CC(=O)O.CCC(CO)(CO)CO.OCC(CO)(CO)COCC(CO)(CO)CO.OCC(CO)(CO)COCC(CO)(CO)CO. The molecule has 83 heavy (non-hydrogen) atoms. The van der Waals surface area contributed by atoms with E-state index in [1.807, 2.05) is 6.92 Å².